The average Bonchev–Trinajstić information content (AvgIpc) is 3.51. The number of rotatable bonds is 7. The van der Waals surface area contributed by atoms with Crippen molar-refractivity contribution in [3.63, 3.8) is 0 Å². The summed E-state index contributed by atoms with van der Waals surface area (Å²) in [5, 5.41) is 12.0. The lowest BCUT2D eigenvalue weighted by Gasteiger charge is -2.22. The number of nitriles is 1. The van der Waals surface area contributed by atoms with Crippen molar-refractivity contribution in [2.75, 3.05) is 7.11 Å². The highest BCUT2D eigenvalue weighted by Crippen LogP contribution is 2.41. The van der Waals surface area contributed by atoms with E-state index in [2.05, 4.69) is 11.4 Å². The van der Waals surface area contributed by atoms with E-state index >= 15 is 0 Å². The van der Waals surface area contributed by atoms with Gasteiger partial charge in [-0.2, -0.15) is 5.26 Å². The molecule has 0 spiro atoms. The molecule has 0 radical (unpaired) electrons. The Bertz CT molecular complexity index is 790. The molecule has 1 aliphatic carbocycles. The molecule has 2 atom stereocenters. The van der Waals surface area contributed by atoms with Crippen molar-refractivity contribution in [3.8, 4) is 17.6 Å². The van der Waals surface area contributed by atoms with Crippen molar-refractivity contribution in [2.45, 2.75) is 31.9 Å². The van der Waals surface area contributed by atoms with E-state index in [-0.39, 0.29) is 11.9 Å². The first-order chi connectivity index (χ1) is 12.6. The fraction of sp³-hybridized carbons (Fsp3) is 0.333. The molecule has 5 heteroatoms. The highest BCUT2D eigenvalue weighted by Gasteiger charge is 2.34. The third-order valence-electron chi connectivity index (χ3n) is 4.53. The fourth-order valence-electron chi connectivity index (χ4n) is 2.85. The molecule has 1 amide bonds. The van der Waals surface area contributed by atoms with Gasteiger partial charge in [-0.1, -0.05) is 12.1 Å². The Kier molecular flexibility index (Phi) is 5.43. The summed E-state index contributed by atoms with van der Waals surface area (Å²) in [6.07, 6.45) is 1.60. The Morgan fingerprint density at radius 3 is 2.27 bits per heavy atom. The first-order valence-corrected chi connectivity index (χ1v) is 8.72. The fourth-order valence-corrected chi connectivity index (χ4v) is 2.85. The molecule has 3 rings (SSSR count). The van der Waals surface area contributed by atoms with Crippen molar-refractivity contribution in [1.29, 1.82) is 5.26 Å². The van der Waals surface area contributed by atoms with Gasteiger partial charge in [0, 0.05) is 0 Å². The first kappa shape index (κ1) is 17.8. The number of benzene rings is 2. The summed E-state index contributed by atoms with van der Waals surface area (Å²) in [5.41, 5.74) is 1.63. The highest BCUT2D eigenvalue weighted by molar-refractivity contribution is 5.81. The minimum absolute atomic E-state index is 0.0135. The largest absolute Gasteiger partial charge is 0.497 e. The number of carbonyl (C=O) groups is 1. The van der Waals surface area contributed by atoms with Gasteiger partial charge < -0.3 is 14.8 Å². The van der Waals surface area contributed by atoms with Crippen LogP contribution in [0.25, 0.3) is 0 Å². The summed E-state index contributed by atoms with van der Waals surface area (Å²) in [5.74, 6) is 1.68. The van der Waals surface area contributed by atoms with Crippen molar-refractivity contribution >= 4 is 5.91 Å². The van der Waals surface area contributed by atoms with Crippen LogP contribution in [0.2, 0.25) is 0 Å². The number of ether oxygens (including phenoxy) is 2. The quantitative estimate of drug-likeness (QED) is 0.828. The van der Waals surface area contributed by atoms with E-state index in [1.807, 2.05) is 24.3 Å². The van der Waals surface area contributed by atoms with E-state index in [9.17, 15) is 4.79 Å². The summed E-state index contributed by atoms with van der Waals surface area (Å²) >= 11 is 0. The van der Waals surface area contributed by atoms with Gasteiger partial charge in [0.25, 0.3) is 5.91 Å². The van der Waals surface area contributed by atoms with Crippen molar-refractivity contribution < 1.29 is 14.3 Å². The summed E-state index contributed by atoms with van der Waals surface area (Å²) in [6, 6.07) is 16.6. The third-order valence-corrected chi connectivity index (χ3v) is 4.53. The van der Waals surface area contributed by atoms with Crippen LogP contribution in [0.15, 0.2) is 48.5 Å². The number of nitrogens with zero attached hydrogens (tertiary/aromatic N) is 1. The molecule has 134 valence electrons. The van der Waals surface area contributed by atoms with Gasteiger partial charge >= 0.3 is 0 Å². The standard InChI is InChI=1S/C21H22N2O3/c1-14(26-19-9-3-15(13-22)4-10-19)21(24)23-20(16-5-6-16)17-7-11-18(25-2)12-8-17/h3-4,7-12,14,16,20H,5-6H2,1-2H3,(H,23,24). The molecule has 0 bridgehead atoms. The minimum Gasteiger partial charge on any atom is -0.497 e. The second-order valence-electron chi connectivity index (χ2n) is 6.49. The van der Waals surface area contributed by atoms with Gasteiger partial charge in [0.15, 0.2) is 6.10 Å². The molecule has 1 aliphatic rings. The topological polar surface area (TPSA) is 71.3 Å². The number of nitrogens with one attached hydrogen (secondary N) is 1. The van der Waals surface area contributed by atoms with E-state index in [4.69, 9.17) is 14.7 Å². The van der Waals surface area contributed by atoms with E-state index in [0.717, 1.165) is 24.2 Å². The second kappa shape index (κ2) is 7.92. The van der Waals surface area contributed by atoms with Crippen LogP contribution in [0.1, 0.15) is 36.9 Å². The van der Waals surface area contributed by atoms with Crippen LogP contribution in [-0.2, 0) is 4.79 Å². The van der Waals surface area contributed by atoms with Crippen molar-refractivity contribution in [2.24, 2.45) is 5.92 Å². The van der Waals surface area contributed by atoms with Crippen LogP contribution in [-0.4, -0.2) is 19.1 Å². The van der Waals surface area contributed by atoms with E-state index < -0.39 is 6.10 Å². The smallest absolute Gasteiger partial charge is 0.261 e. The maximum Gasteiger partial charge on any atom is 0.261 e. The number of hydrogen-bond donors (Lipinski definition) is 1. The lowest BCUT2D eigenvalue weighted by Crippen LogP contribution is -2.39. The molecule has 1 fully saturated rings. The lowest BCUT2D eigenvalue weighted by molar-refractivity contribution is -0.128. The van der Waals surface area contributed by atoms with E-state index in [1.54, 1.807) is 38.3 Å². The lowest BCUT2D eigenvalue weighted by atomic mass is 10.0. The number of methoxy groups -OCH3 is 1. The Morgan fingerprint density at radius 2 is 1.73 bits per heavy atom. The number of amides is 1. The predicted molar refractivity (Wildman–Crippen MR) is 97.8 cm³/mol. The van der Waals surface area contributed by atoms with E-state index in [1.165, 1.54) is 0 Å². The maximum absolute atomic E-state index is 12.6. The molecule has 0 heterocycles. The Balaban J connectivity index is 1.64. The normalized spacial score (nSPS) is 15.4. The molecule has 0 aliphatic heterocycles. The summed E-state index contributed by atoms with van der Waals surface area (Å²) < 4.78 is 10.9. The van der Waals surface area contributed by atoms with Crippen LogP contribution < -0.4 is 14.8 Å². The Hall–Kier alpha value is -3.00. The van der Waals surface area contributed by atoms with Crippen LogP contribution in [0.4, 0.5) is 0 Å². The molecule has 26 heavy (non-hydrogen) atoms. The Morgan fingerprint density at radius 1 is 1.12 bits per heavy atom. The molecule has 2 aromatic carbocycles. The third kappa shape index (κ3) is 4.34. The van der Waals surface area contributed by atoms with Gasteiger partial charge in [0.05, 0.1) is 24.8 Å². The highest BCUT2D eigenvalue weighted by atomic mass is 16.5. The maximum atomic E-state index is 12.6. The van der Waals surface area contributed by atoms with Gasteiger partial charge in [-0.05, 0) is 67.6 Å². The monoisotopic (exact) mass is 350 g/mol. The molecule has 1 N–H and O–H groups in total. The average molecular weight is 350 g/mol. The molecular weight excluding hydrogens is 328 g/mol. The minimum atomic E-state index is -0.623. The molecule has 5 nitrogen and oxygen atoms in total. The van der Waals surface area contributed by atoms with Crippen molar-refractivity contribution in [1.82, 2.24) is 5.32 Å². The second-order valence-corrected chi connectivity index (χ2v) is 6.49. The zero-order valence-corrected chi connectivity index (χ0v) is 14.9. The molecule has 2 aromatic rings. The molecule has 1 saturated carbocycles. The predicted octanol–water partition coefficient (Wildman–Crippen LogP) is 3.60. The molecule has 0 aromatic heterocycles. The van der Waals surface area contributed by atoms with Crippen LogP contribution in [0.3, 0.4) is 0 Å². The zero-order valence-electron chi connectivity index (χ0n) is 14.9. The Labute approximate surface area is 153 Å². The summed E-state index contributed by atoms with van der Waals surface area (Å²) in [7, 11) is 1.64. The molecule has 2 unspecified atom stereocenters. The van der Waals surface area contributed by atoms with Gasteiger partial charge in [0.2, 0.25) is 0 Å². The molecular formula is C21H22N2O3. The molecule has 0 saturated heterocycles. The SMILES string of the molecule is COc1ccc(C(NC(=O)C(C)Oc2ccc(C#N)cc2)C2CC2)cc1. The van der Waals surface area contributed by atoms with Crippen molar-refractivity contribution in [3.05, 3.63) is 59.7 Å². The number of hydrogen-bond acceptors (Lipinski definition) is 4. The van der Waals surface area contributed by atoms with Crippen LogP contribution >= 0.6 is 0 Å². The van der Waals surface area contributed by atoms with Gasteiger partial charge in [0.1, 0.15) is 11.5 Å². The van der Waals surface area contributed by atoms with Gasteiger partial charge in [-0.15, -0.1) is 0 Å². The van der Waals surface area contributed by atoms with Crippen LogP contribution in [0, 0.1) is 17.2 Å². The van der Waals surface area contributed by atoms with Gasteiger partial charge in [-0.25, -0.2) is 0 Å². The first-order valence-electron chi connectivity index (χ1n) is 8.72. The van der Waals surface area contributed by atoms with E-state index in [0.29, 0.717) is 17.2 Å². The summed E-state index contributed by atoms with van der Waals surface area (Å²) in [6.45, 7) is 1.73. The zero-order chi connectivity index (χ0) is 18.5. The van der Waals surface area contributed by atoms with Gasteiger partial charge in [-0.3, -0.25) is 4.79 Å². The number of carbonyl (C=O) groups excluding carboxylic acids is 1. The van der Waals surface area contributed by atoms with Crippen LogP contribution in [0.5, 0.6) is 11.5 Å². The summed E-state index contributed by atoms with van der Waals surface area (Å²) in [4.78, 5) is 12.6.